The highest BCUT2D eigenvalue weighted by Crippen LogP contribution is 2.28. The Morgan fingerprint density at radius 2 is 2.39 bits per heavy atom. The molecule has 0 aromatic carbocycles. The van der Waals surface area contributed by atoms with Gasteiger partial charge in [-0.05, 0) is 26.2 Å². The van der Waals surface area contributed by atoms with Crippen LogP contribution in [0.3, 0.4) is 0 Å². The van der Waals surface area contributed by atoms with Crippen LogP contribution in [0.5, 0.6) is 0 Å². The highest BCUT2D eigenvalue weighted by molar-refractivity contribution is 5.03. The molecule has 1 aliphatic rings. The van der Waals surface area contributed by atoms with Crippen molar-refractivity contribution in [2.45, 2.75) is 44.8 Å². The van der Waals surface area contributed by atoms with Gasteiger partial charge in [-0.25, -0.2) is 0 Å². The van der Waals surface area contributed by atoms with Gasteiger partial charge in [0.05, 0.1) is 6.61 Å². The molecule has 0 radical (unpaired) electrons. The minimum Gasteiger partial charge on any atom is -0.379 e. The van der Waals surface area contributed by atoms with E-state index in [4.69, 9.17) is 19.7 Å². The highest BCUT2D eigenvalue weighted by Gasteiger charge is 2.31. The molecule has 2 N–H and O–H groups in total. The molecule has 2 heterocycles. The van der Waals surface area contributed by atoms with E-state index in [2.05, 4.69) is 17.1 Å². The van der Waals surface area contributed by atoms with Crippen molar-refractivity contribution in [2.24, 2.45) is 5.73 Å². The lowest BCUT2D eigenvalue weighted by Crippen LogP contribution is -2.39. The fourth-order valence-corrected chi connectivity index (χ4v) is 1.86. The molecular weight excluding hydrogens is 234 g/mol. The fraction of sp³-hybridized carbons (Fsp3) is 0.833. The second-order valence-corrected chi connectivity index (χ2v) is 4.93. The molecule has 0 aliphatic carbocycles. The average Bonchev–Trinajstić information content (AvgIpc) is 3.00. The van der Waals surface area contributed by atoms with Crippen molar-refractivity contribution in [1.82, 2.24) is 10.1 Å². The smallest absolute Gasteiger partial charge is 0.255 e. The molecule has 1 aromatic rings. The summed E-state index contributed by atoms with van der Waals surface area (Å²) in [6, 6.07) is 0. The van der Waals surface area contributed by atoms with E-state index in [1.807, 2.05) is 6.92 Å². The summed E-state index contributed by atoms with van der Waals surface area (Å²) in [5.41, 5.74) is 5.41. The van der Waals surface area contributed by atoms with Gasteiger partial charge in [0, 0.05) is 13.2 Å². The topological polar surface area (TPSA) is 83.4 Å². The quantitative estimate of drug-likeness (QED) is 0.776. The molecule has 2 unspecified atom stereocenters. The Morgan fingerprint density at radius 3 is 3.06 bits per heavy atom. The monoisotopic (exact) mass is 255 g/mol. The van der Waals surface area contributed by atoms with Crippen molar-refractivity contribution in [3.8, 4) is 0 Å². The lowest BCUT2D eigenvalue weighted by molar-refractivity contribution is 0.0829. The second kappa shape index (κ2) is 5.77. The van der Waals surface area contributed by atoms with Gasteiger partial charge in [-0.2, -0.15) is 4.98 Å². The van der Waals surface area contributed by atoms with Crippen LogP contribution in [0, 0.1) is 0 Å². The van der Waals surface area contributed by atoms with Gasteiger partial charge in [0.25, 0.3) is 5.89 Å². The number of hydrogen-bond donors (Lipinski definition) is 1. The van der Waals surface area contributed by atoms with Crippen molar-refractivity contribution in [2.75, 3.05) is 19.8 Å². The summed E-state index contributed by atoms with van der Waals surface area (Å²) in [5, 5.41) is 3.94. The van der Waals surface area contributed by atoms with Crippen molar-refractivity contribution >= 4 is 0 Å². The first kappa shape index (κ1) is 13.5. The van der Waals surface area contributed by atoms with Crippen LogP contribution in [0.1, 0.15) is 50.9 Å². The van der Waals surface area contributed by atoms with Crippen LogP contribution in [0.2, 0.25) is 0 Å². The molecule has 1 aliphatic heterocycles. The minimum atomic E-state index is -0.727. The molecule has 1 aromatic heterocycles. The van der Waals surface area contributed by atoms with Gasteiger partial charge >= 0.3 is 0 Å². The zero-order valence-electron chi connectivity index (χ0n) is 11.0. The molecule has 2 rings (SSSR count). The Labute approximate surface area is 107 Å². The summed E-state index contributed by atoms with van der Waals surface area (Å²) < 4.78 is 16.2. The van der Waals surface area contributed by atoms with Gasteiger partial charge in [0.1, 0.15) is 11.6 Å². The van der Waals surface area contributed by atoms with E-state index in [0.717, 1.165) is 25.9 Å². The normalized spacial score (nSPS) is 23.2. The largest absolute Gasteiger partial charge is 0.379 e. The van der Waals surface area contributed by atoms with Gasteiger partial charge in [0.15, 0.2) is 5.82 Å². The van der Waals surface area contributed by atoms with Crippen molar-refractivity contribution in [3.63, 3.8) is 0 Å². The van der Waals surface area contributed by atoms with Crippen LogP contribution in [0.4, 0.5) is 0 Å². The Hall–Kier alpha value is -0.980. The van der Waals surface area contributed by atoms with Gasteiger partial charge in [-0.3, -0.25) is 0 Å². The van der Waals surface area contributed by atoms with E-state index in [1.165, 1.54) is 0 Å². The first-order valence-electron chi connectivity index (χ1n) is 6.46. The maximum Gasteiger partial charge on any atom is 0.255 e. The minimum absolute atomic E-state index is 0.0707. The van der Waals surface area contributed by atoms with Crippen LogP contribution >= 0.6 is 0 Å². The number of rotatable bonds is 6. The zero-order valence-corrected chi connectivity index (χ0v) is 11.0. The molecule has 2 atom stereocenters. The van der Waals surface area contributed by atoms with E-state index in [9.17, 15) is 0 Å². The second-order valence-electron chi connectivity index (χ2n) is 4.93. The van der Waals surface area contributed by atoms with Gasteiger partial charge in [-0.1, -0.05) is 12.1 Å². The lowest BCUT2D eigenvalue weighted by Gasteiger charge is -2.19. The summed E-state index contributed by atoms with van der Waals surface area (Å²) in [4.78, 5) is 4.33. The molecule has 6 nitrogen and oxygen atoms in total. The van der Waals surface area contributed by atoms with Crippen LogP contribution in [-0.4, -0.2) is 30.0 Å². The van der Waals surface area contributed by atoms with Gasteiger partial charge in [0.2, 0.25) is 0 Å². The summed E-state index contributed by atoms with van der Waals surface area (Å²) in [6.07, 6.45) is 2.85. The van der Waals surface area contributed by atoms with E-state index >= 15 is 0 Å². The number of hydrogen-bond acceptors (Lipinski definition) is 6. The molecule has 0 amide bonds. The van der Waals surface area contributed by atoms with Crippen LogP contribution in [0.25, 0.3) is 0 Å². The SMILES string of the molecule is CCCOCC(C)(N)c1noc(C2CCCO2)n1. The van der Waals surface area contributed by atoms with Crippen molar-refractivity contribution in [3.05, 3.63) is 11.7 Å². The first-order chi connectivity index (χ1) is 8.63. The third-order valence-electron chi connectivity index (χ3n) is 2.91. The third-order valence-corrected chi connectivity index (χ3v) is 2.91. The average molecular weight is 255 g/mol. The lowest BCUT2D eigenvalue weighted by atomic mass is 10.1. The summed E-state index contributed by atoms with van der Waals surface area (Å²) in [6.45, 7) is 5.71. The number of nitrogens with two attached hydrogens (primary N) is 1. The summed E-state index contributed by atoms with van der Waals surface area (Å²) in [7, 11) is 0. The number of aromatic nitrogens is 2. The highest BCUT2D eigenvalue weighted by atomic mass is 16.5. The molecule has 0 saturated carbocycles. The van der Waals surface area contributed by atoms with Gasteiger partial charge in [-0.15, -0.1) is 0 Å². The maximum absolute atomic E-state index is 6.14. The zero-order chi connectivity index (χ0) is 13.0. The van der Waals surface area contributed by atoms with E-state index in [-0.39, 0.29) is 6.10 Å². The van der Waals surface area contributed by atoms with Crippen LogP contribution in [0.15, 0.2) is 4.52 Å². The summed E-state index contributed by atoms with van der Waals surface area (Å²) >= 11 is 0. The number of nitrogens with zero attached hydrogens (tertiary/aromatic N) is 2. The molecule has 0 bridgehead atoms. The standard InChI is InChI=1S/C12H21N3O3/c1-3-6-16-8-12(2,13)11-14-10(18-15-11)9-5-4-7-17-9/h9H,3-8,13H2,1-2H3. The Morgan fingerprint density at radius 1 is 1.56 bits per heavy atom. The molecule has 18 heavy (non-hydrogen) atoms. The van der Waals surface area contributed by atoms with E-state index < -0.39 is 5.54 Å². The van der Waals surface area contributed by atoms with Crippen molar-refractivity contribution in [1.29, 1.82) is 0 Å². The summed E-state index contributed by atoms with van der Waals surface area (Å²) in [5.74, 6) is 0.999. The predicted octanol–water partition coefficient (Wildman–Crippen LogP) is 1.52. The molecule has 1 fully saturated rings. The first-order valence-corrected chi connectivity index (χ1v) is 6.46. The molecule has 6 heteroatoms. The molecular formula is C12H21N3O3. The predicted molar refractivity (Wildman–Crippen MR) is 64.9 cm³/mol. The number of ether oxygens (including phenoxy) is 2. The Bertz CT molecular complexity index is 372. The van der Waals surface area contributed by atoms with E-state index in [0.29, 0.717) is 24.9 Å². The van der Waals surface area contributed by atoms with Crippen LogP contribution in [-0.2, 0) is 15.0 Å². The molecule has 1 saturated heterocycles. The van der Waals surface area contributed by atoms with Gasteiger partial charge < -0.3 is 19.7 Å². The maximum atomic E-state index is 6.14. The fourth-order valence-electron chi connectivity index (χ4n) is 1.86. The molecule has 0 spiro atoms. The van der Waals surface area contributed by atoms with Crippen molar-refractivity contribution < 1.29 is 14.0 Å². The van der Waals surface area contributed by atoms with Crippen LogP contribution < -0.4 is 5.73 Å². The Balaban J connectivity index is 1.99. The van der Waals surface area contributed by atoms with E-state index in [1.54, 1.807) is 0 Å². The molecule has 102 valence electrons. The Kier molecular flexibility index (Phi) is 4.31. The third kappa shape index (κ3) is 3.07.